The van der Waals surface area contributed by atoms with Crippen LogP contribution in [-0.4, -0.2) is 30.5 Å². The second-order valence-corrected chi connectivity index (χ2v) is 6.24. The molecule has 1 aromatic carbocycles. The molecule has 0 saturated carbocycles. The SMILES string of the molecule is COc1cc(Cl)c(C)cc1N(CCC(=O)NCc1cccnc1)C(C)=O. The third-order valence-electron chi connectivity index (χ3n) is 3.91. The number of hydrogen-bond donors (Lipinski definition) is 1. The number of methoxy groups -OCH3 is 1. The first-order valence-electron chi connectivity index (χ1n) is 8.20. The van der Waals surface area contributed by atoms with E-state index in [0.717, 1.165) is 11.1 Å². The van der Waals surface area contributed by atoms with Crippen LogP contribution in [0.15, 0.2) is 36.7 Å². The second kappa shape index (κ2) is 9.20. The van der Waals surface area contributed by atoms with Gasteiger partial charge in [0.2, 0.25) is 11.8 Å². The Morgan fingerprint density at radius 3 is 2.73 bits per heavy atom. The predicted octanol–water partition coefficient (Wildman–Crippen LogP) is 3.11. The van der Waals surface area contributed by atoms with Gasteiger partial charge in [0.05, 0.1) is 12.8 Å². The maximum Gasteiger partial charge on any atom is 0.223 e. The number of hydrogen-bond acceptors (Lipinski definition) is 4. The molecule has 2 aromatic rings. The summed E-state index contributed by atoms with van der Waals surface area (Å²) in [7, 11) is 1.52. The molecule has 0 atom stereocenters. The van der Waals surface area contributed by atoms with Crippen molar-refractivity contribution in [3.63, 3.8) is 0 Å². The fraction of sp³-hybridized carbons (Fsp3) is 0.316. The molecular weight excluding hydrogens is 354 g/mol. The Kier molecular flexibility index (Phi) is 6.97. The molecule has 138 valence electrons. The quantitative estimate of drug-likeness (QED) is 0.807. The number of anilines is 1. The lowest BCUT2D eigenvalue weighted by Gasteiger charge is -2.24. The smallest absolute Gasteiger partial charge is 0.223 e. The predicted molar refractivity (Wildman–Crippen MR) is 101 cm³/mol. The number of halogens is 1. The molecule has 0 fully saturated rings. The minimum absolute atomic E-state index is 0.148. The van der Waals surface area contributed by atoms with Crippen molar-refractivity contribution in [2.24, 2.45) is 0 Å². The lowest BCUT2D eigenvalue weighted by atomic mass is 10.1. The normalized spacial score (nSPS) is 10.3. The molecule has 2 rings (SSSR count). The van der Waals surface area contributed by atoms with Crippen molar-refractivity contribution in [1.82, 2.24) is 10.3 Å². The van der Waals surface area contributed by atoms with Crippen molar-refractivity contribution in [2.75, 3.05) is 18.6 Å². The number of benzene rings is 1. The highest BCUT2D eigenvalue weighted by molar-refractivity contribution is 6.31. The van der Waals surface area contributed by atoms with Crippen molar-refractivity contribution in [1.29, 1.82) is 0 Å². The van der Waals surface area contributed by atoms with Gasteiger partial charge in [-0.05, 0) is 30.2 Å². The van der Waals surface area contributed by atoms with Crippen LogP contribution in [0, 0.1) is 6.92 Å². The third kappa shape index (κ3) is 5.20. The Balaban J connectivity index is 2.04. The van der Waals surface area contributed by atoms with E-state index < -0.39 is 0 Å². The van der Waals surface area contributed by atoms with Crippen LogP contribution in [0.4, 0.5) is 5.69 Å². The third-order valence-corrected chi connectivity index (χ3v) is 4.31. The maximum atomic E-state index is 12.1. The number of ether oxygens (including phenoxy) is 1. The molecule has 0 aliphatic carbocycles. The van der Waals surface area contributed by atoms with Gasteiger partial charge >= 0.3 is 0 Å². The van der Waals surface area contributed by atoms with Gasteiger partial charge < -0.3 is 15.0 Å². The number of carbonyl (C=O) groups excluding carboxylic acids is 2. The topological polar surface area (TPSA) is 71.5 Å². The molecule has 6 nitrogen and oxygen atoms in total. The van der Waals surface area contributed by atoms with E-state index in [9.17, 15) is 9.59 Å². The van der Waals surface area contributed by atoms with Gasteiger partial charge in [0, 0.05) is 49.9 Å². The first-order valence-corrected chi connectivity index (χ1v) is 8.58. The van der Waals surface area contributed by atoms with E-state index in [-0.39, 0.29) is 24.8 Å². The van der Waals surface area contributed by atoms with E-state index in [0.29, 0.717) is 23.0 Å². The molecule has 2 amide bonds. The minimum Gasteiger partial charge on any atom is -0.495 e. The van der Waals surface area contributed by atoms with Crippen LogP contribution in [0.25, 0.3) is 0 Å². The van der Waals surface area contributed by atoms with Crippen LogP contribution in [0.3, 0.4) is 0 Å². The summed E-state index contributed by atoms with van der Waals surface area (Å²) in [6, 6.07) is 7.16. The van der Waals surface area contributed by atoms with Gasteiger partial charge in [0.1, 0.15) is 5.75 Å². The number of rotatable bonds is 7. The molecule has 26 heavy (non-hydrogen) atoms. The molecule has 0 unspecified atom stereocenters. The van der Waals surface area contributed by atoms with Crippen LogP contribution in [0.2, 0.25) is 5.02 Å². The van der Waals surface area contributed by atoms with Crippen molar-refractivity contribution in [2.45, 2.75) is 26.8 Å². The van der Waals surface area contributed by atoms with E-state index in [1.165, 1.54) is 18.9 Å². The maximum absolute atomic E-state index is 12.1. The number of amides is 2. The first-order chi connectivity index (χ1) is 12.4. The van der Waals surface area contributed by atoms with Crippen molar-refractivity contribution in [3.05, 3.63) is 52.8 Å². The average molecular weight is 376 g/mol. The summed E-state index contributed by atoms with van der Waals surface area (Å²) < 4.78 is 5.34. The van der Waals surface area contributed by atoms with Crippen LogP contribution in [0.5, 0.6) is 5.75 Å². The standard InChI is InChI=1S/C19H22ClN3O3/c1-13-9-17(18(26-3)10-16(13)20)23(14(2)24)8-6-19(25)22-12-15-5-4-7-21-11-15/h4-5,7,9-11H,6,8,12H2,1-3H3,(H,22,25). The minimum atomic E-state index is -0.176. The molecule has 1 aromatic heterocycles. The van der Waals surface area contributed by atoms with Gasteiger partial charge in [-0.3, -0.25) is 14.6 Å². The molecule has 0 aliphatic rings. The van der Waals surface area contributed by atoms with E-state index in [1.807, 2.05) is 19.1 Å². The Morgan fingerprint density at radius 2 is 2.12 bits per heavy atom. The number of aryl methyl sites for hydroxylation is 1. The van der Waals surface area contributed by atoms with Crippen molar-refractivity contribution >= 4 is 29.1 Å². The van der Waals surface area contributed by atoms with Crippen molar-refractivity contribution in [3.8, 4) is 5.75 Å². The zero-order valence-electron chi connectivity index (χ0n) is 15.1. The number of aromatic nitrogens is 1. The van der Waals surface area contributed by atoms with Gasteiger partial charge in [-0.1, -0.05) is 17.7 Å². The summed E-state index contributed by atoms with van der Waals surface area (Å²) in [5, 5.41) is 3.38. The summed E-state index contributed by atoms with van der Waals surface area (Å²) in [5.41, 5.74) is 2.34. The van der Waals surface area contributed by atoms with Gasteiger partial charge in [-0.2, -0.15) is 0 Å². The molecule has 1 N–H and O–H groups in total. The monoisotopic (exact) mass is 375 g/mol. The summed E-state index contributed by atoms with van der Waals surface area (Å²) >= 11 is 6.12. The largest absolute Gasteiger partial charge is 0.495 e. The van der Waals surface area contributed by atoms with Gasteiger partial charge in [-0.15, -0.1) is 0 Å². The highest BCUT2D eigenvalue weighted by atomic mass is 35.5. The Labute approximate surface area is 158 Å². The Hall–Kier alpha value is -2.60. The molecule has 0 spiro atoms. The molecule has 0 bridgehead atoms. The summed E-state index contributed by atoms with van der Waals surface area (Å²) in [4.78, 5) is 29.8. The molecule has 0 saturated heterocycles. The van der Waals surface area contributed by atoms with Gasteiger partial charge in [0.25, 0.3) is 0 Å². The van der Waals surface area contributed by atoms with Crippen LogP contribution < -0.4 is 15.0 Å². The van der Waals surface area contributed by atoms with E-state index in [1.54, 1.807) is 24.5 Å². The Bertz CT molecular complexity index is 781. The zero-order chi connectivity index (χ0) is 19.1. The summed E-state index contributed by atoms with van der Waals surface area (Å²) in [6.45, 7) is 3.95. The Morgan fingerprint density at radius 1 is 1.35 bits per heavy atom. The first kappa shape index (κ1) is 19.7. The second-order valence-electron chi connectivity index (χ2n) is 5.83. The highest BCUT2D eigenvalue weighted by Crippen LogP contribution is 2.34. The number of pyridine rings is 1. The van der Waals surface area contributed by atoms with E-state index >= 15 is 0 Å². The number of carbonyl (C=O) groups is 2. The van der Waals surface area contributed by atoms with Crippen molar-refractivity contribution < 1.29 is 14.3 Å². The van der Waals surface area contributed by atoms with Crippen LogP contribution in [-0.2, 0) is 16.1 Å². The summed E-state index contributed by atoms with van der Waals surface area (Å²) in [6.07, 6.45) is 3.55. The van der Waals surface area contributed by atoms with Gasteiger partial charge in [-0.25, -0.2) is 0 Å². The molecule has 7 heteroatoms. The lowest BCUT2D eigenvalue weighted by Crippen LogP contribution is -2.34. The number of nitrogens with zero attached hydrogens (tertiary/aromatic N) is 2. The van der Waals surface area contributed by atoms with Gasteiger partial charge in [0.15, 0.2) is 0 Å². The summed E-state index contributed by atoms with van der Waals surface area (Å²) in [5.74, 6) is 0.168. The van der Waals surface area contributed by atoms with E-state index in [4.69, 9.17) is 16.3 Å². The molecular formula is C19H22ClN3O3. The fourth-order valence-electron chi connectivity index (χ4n) is 2.48. The molecule has 1 heterocycles. The zero-order valence-corrected chi connectivity index (χ0v) is 15.8. The molecule has 0 aliphatic heterocycles. The molecule has 0 radical (unpaired) electrons. The van der Waals surface area contributed by atoms with Crippen LogP contribution in [0.1, 0.15) is 24.5 Å². The fourth-order valence-corrected chi connectivity index (χ4v) is 2.63. The number of nitrogens with one attached hydrogen (secondary N) is 1. The van der Waals surface area contributed by atoms with E-state index in [2.05, 4.69) is 10.3 Å². The lowest BCUT2D eigenvalue weighted by molar-refractivity contribution is -0.121. The average Bonchev–Trinajstić information content (AvgIpc) is 2.63. The van der Waals surface area contributed by atoms with Crippen LogP contribution >= 0.6 is 11.6 Å². The highest BCUT2D eigenvalue weighted by Gasteiger charge is 2.19.